The number of fused-ring (bicyclic) bond motifs is 1. The van der Waals surface area contributed by atoms with Crippen LogP contribution in [-0.2, 0) is 9.47 Å². The molecule has 0 saturated heterocycles. The number of methoxy groups -OCH3 is 1. The fourth-order valence-electron chi connectivity index (χ4n) is 1.77. The van der Waals surface area contributed by atoms with Gasteiger partial charge in [-0.05, 0) is 24.1 Å². The van der Waals surface area contributed by atoms with Crippen molar-refractivity contribution in [1.82, 2.24) is 9.97 Å². The number of carbonyl (C=O) groups is 1. The first-order valence-corrected chi connectivity index (χ1v) is 7.08. The van der Waals surface area contributed by atoms with Crippen LogP contribution in [-0.4, -0.2) is 43.3 Å². The Bertz CT molecular complexity index is 644. The van der Waals surface area contributed by atoms with Crippen LogP contribution in [0.4, 0.5) is 5.82 Å². The Hall–Kier alpha value is -1.44. The first kappa shape index (κ1) is 15.0. The van der Waals surface area contributed by atoms with Crippen LogP contribution in [0.5, 0.6) is 0 Å². The monoisotopic (exact) mass is 315 g/mol. The zero-order valence-corrected chi connectivity index (χ0v) is 12.9. The van der Waals surface area contributed by atoms with Crippen LogP contribution in [0.3, 0.4) is 0 Å². The molecule has 2 aromatic heterocycles. The number of hydrogen-bond acceptors (Lipinski definition) is 7. The molecule has 108 valence electrons. The van der Waals surface area contributed by atoms with E-state index in [0.717, 1.165) is 10.9 Å². The van der Waals surface area contributed by atoms with Crippen LogP contribution in [0.25, 0.3) is 10.2 Å². The average molecular weight is 316 g/mol. The van der Waals surface area contributed by atoms with Crippen molar-refractivity contribution in [3.05, 3.63) is 15.7 Å². The van der Waals surface area contributed by atoms with E-state index in [1.54, 1.807) is 14.2 Å². The van der Waals surface area contributed by atoms with Crippen molar-refractivity contribution in [2.45, 2.75) is 6.92 Å². The van der Waals surface area contributed by atoms with Gasteiger partial charge in [0.05, 0.1) is 12.0 Å². The first-order chi connectivity index (χ1) is 9.58. The van der Waals surface area contributed by atoms with Crippen molar-refractivity contribution < 1.29 is 14.3 Å². The number of nitrogens with one attached hydrogen (secondary N) is 1. The third-order valence-corrected chi connectivity index (χ3v) is 4.04. The van der Waals surface area contributed by atoms with Crippen molar-refractivity contribution in [2.75, 3.05) is 32.7 Å². The van der Waals surface area contributed by atoms with Crippen molar-refractivity contribution in [3.8, 4) is 0 Å². The Labute approximate surface area is 125 Å². The Morgan fingerprint density at radius 1 is 1.40 bits per heavy atom. The summed E-state index contributed by atoms with van der Waals surface area (Å²) in [7, 11) is 3.29. The van der Waals surface area contributed by atoms with Gasteiger partial charge in [-0.3, -0.25) is 0 Å². The first-order valence-electron chi connectivity index (χ1n) is 5.89. The van der Waals surface area contributed by atoms with Gasteiger partial charge < -0.3 is 14.8 Å². The van der Waals surface area contributed by atoms with E-state index in [9.17, 15) is 4.79 Å². The molecule has 0 unspecified atom stereocenters. The van der Waals surface area contributed by atoms with Gasteiger partial charge in [0, 0.05) is 14.2 Å². The Morgan fingerprint density at radius 2 is 2.15 bits per heavy atom. The summed E-state index contributed by atoms with van der Waals surface area (Å²) in [6.45, 7) is 2.42. The number of carbonyl (C=O) groups excluding carboxylic acids is 1. The summed E-state index contributed by atoms with van der Waals surface area (Å²) in [6, 6.07) is 0. The van der Waals surface area contributed by atoms with Crippen LogP contribution in [0.15, 0.2) is 0 Å². The second-order valence-electron chi connectivity index (χ2n) is 3.96. The second kappa shape index (κ2) is 6.34. The standard InChI is InChI=1S/C12H14ClN3O3S/c1-6-7-9(14-2)15-12(13)16-10(7)20-8(6)11(17)19-5-4-18-3/h4-5H2,1-3H3,(H,14,15,16). The number of aromatic nitrogens is 2. The lowest BCUT2D eigenvalue weighted by Crippen LogP contribution is -2.09. The largest absolute Gasteiger partial charge is 0.459 e. The van der Waals surface area contributed by atoms with Gasteiger partial charge >= 0.3 is 5.97 Å². The summed E-state index contributed by atoms with van der Waals surface area (Å²) in [5.41, 5.74) is 0.786. The normalized spacial score (nSPS) is 10.8. The molecule has 0 radical (unpaired) electrons. The van der Waals surface area contributed by atoms with Crippen LogP contribution >= 0.6 is 22.9 Å². The van der Waals surface area contributed by atoms with Gasteiger partial charge in [-0.2, -0.15) is 0 Å². The lowest BCUT2D eigenvalue weighted by molar-refractivity contribution is 0.0393. The molecule has 1 N–H and O–H groups in total. The van der Waals surface area contributed by atoms with E-state index in [4.69, 9.17) is 21.1 Å². The topological polar surface area (TPSA) is 73.3 Å². The summed E-state index contributed by atoms with van der Waals surface area (Å²) in [4.78, 5) is 21.4. The molecule has 0 saturated carbocycles. The summed E-state index contributed by atoms with van der Waals surface area (Å²) >= 11 is 7.10. The number of hydrogen-bond donors (Lipinski definition) is 1. The number of esters is 1. The van der Waals surface area contributed by atoms with Gasteiger partial charge in [0.15, 0.2) is 0 Å². The summed E-state index contributed by atoms with van der Waals surface area (Å²) < 4.78 is 9.97. The zero-order valence-electron chi connectivity index (χ0n) is 11.3. The fourth-order valence-corrected chi connectivity index (χ4v) is 3.07. The van der Waals surface area contributed by atoms with Gasteiger partial charge in [0.1, 0.15) is 22.1 Å². The molecule has 20 heavy (non-hydrogen) atoms. The maximum absolute atomic E-state index is 12.0. The number of aryl methyl sites for hydroxylation is 1. The smallest absolute Gasteiger partial charge is 0.348 e. The summed E-state index contributed by atoms with van der Waals surface area (Å²) in [5.74, 6) is 0.213. The molecule has 2 heterocycles. The number of anilines is 1. The molecule has 2 aromatic rings. The third-order valence-electron chi connectivity index (χ3n) is 2.71. The highest BCUT2D eigenvalue weighted by Gasteiger charge is 2.20. The van der Waals surface area contributed by atoms with E-state index in [1.165, 1.54) is 11.3 Å². The number of rotatable bonds is 5. The maximum atomic E-state index is 12.0. The van der Waals surface area contributed by atoms with E-state index in [1.807, 2.05) is 6.92 Å². The van der Waals surface area contributed by atoms with Crippen molar-refractivity contribution in [3.63, 3.8) is 0 Å². The molecule has 8 heteroatoms. The van der Waals surface area contributed by atoms with E-state index in [2.05, 4.69) is 15.3 Å². The average Bonchev–Trinajstić information content (AvgIpc) is 2.75. The number of ether oxygens (including phenoxy) is 2. The van der Waals surface area contributed by atoms with E-state index in [-0.39, 0.29) is 17.9 Å². The lowest BCUT2D eigenvalue weighted by atomic mass is 10.2. The molecule has 0 spiro atoms. The SMILES string of the molecule is CNc1nc(Cl)nc2sc(C(=O)OCCOC)c(C)c12. The Morgan fingerprint density at radius 3 is 2.80 bits per heavy atom. The van der Waals surface area contributed by atoms with Gasteiger partial charge in [0.2, 0.25) is 5.28 Å². The van der Waals surface area contributed by atoms with Crippen LogP contribution < -0.4 is 5.32 Å². The molecule has 0 atom stereocenters. The minimum atomic E-state index is -0.388. The van der Waals surface area contributed by atoms with Crippen LogP contribution in [0, 0.1) is 6.92 Å². The molecular weight excluding hydrogens is 302 g/mol. The second-order valence-corrected chi connectivity index (χ2v) is 5.29. The lowest BCUT2D eigenvalue weighted by Gasteiger charge is -2.04. The molecule has 2 rings (SSSR count). The van der Waals surface area contributed by atoms with Crippen LogP contribution in [0.1, 0.15) is 15.2 Å². The van der Waals surface area contributed by atoms with Crippen molar-refractivity contribution in [2.24, 2.45) is 0 Å². The quantitative estimate of drug-likeness (QED) is 0.519. The fraction of sp³-hybridized carbons (Fsp3) is 0.417. The maximum Gasteiger partial charge on any atom is 0.348 e. The van der Waals surface area contributed by atoms with Gasteiger partial charge in [0.25, 0.3) is 0 Å². The summed E-state index contributed by atoms with van der Waals surface area (Å²) in [5, 5.41) is 3.89. The molecule has 6 nitrogen and oxygen atoms in total. The van der Waals surface area contributed by atoms with E-state index < -0.39 is 0 Å². The van der Waals surface area contributed by atoms with E-state index >= 15 is 0 Å². The highest BCUT2D eigenvalue weighted by molar-refractivity contribution is 7.20. The number of thiophene rings is 1. The minimum absolute atomic E-state index is 0.141. The van der Waals surface area contributed by atoms with Gasteiger partial charge in [-0.25, -0.2) is 14.8 Å². The number of halogens is 1. The predicted molar refractivity (Wildman–Crippen MR) is 78.9 cm³/mol. The molecule has 0 amide bonds. The molecular formula is C12H14ClN3O3S. The van der Waals surface area contributed by atoms with E-state index in [0.29, 0.717) is 22.1 Å². The summed E-state index contributed by atoms with van der Waals surface area (Å²) in [6.07, 6.45) is 0. The molecule has 0 aliphatic heterocycles. The molecule has 0 aliphatic carbocycles. The van der Waals surface area contributed by atoms with Crippen LogP contribution in [0.2, 0.25) is 5.28 Å². The third kappa shape index (κ3) is 2.84. The highest BCUT2D eigenvalue weighted by Crippen LogP contribution is 2.34. The Balaban J connectivity index is 2.40. The molecule has 0 fully saturated rings. The number of nitrogens with zero attached hydrogens (tertiary/aromatic N) is 2. The minimum Gasteiger partial charge on any atom is -0.459 e. The predicted octanol–water partition coefficient (Wildman–Crippen LogP) is 2.50. The van der Waals surface area contributed by atoms with Gasteiger partial charge in [-0.1, -0.05) is 0 Å². The molecule has 0 aromatic carbocycles. The Kier molecular flexibility index (Phi) is 4.74. The van der Waals surface area contributed by atoms with Gasteiger partial charge in [-0.15, -0.1) is 11.3 Å². The van der Waals surface area contributed by atoms with Crippen molar-refractivity contribution in [1.29, 1.82) is 0 Å². The highest BCUT2D eigenvalue weighted by atomic mass is 35.5. The van der Waals surface area contributed by atoms with Crippen molar-refractivity contribution >= 4 is 44.9 Å². The molecule has 0 aliphatic rings. The zero-order chi connectivity index (χ0) is 14.7. The molecule has 0 bridgehead atoms.